The number of hydrazone groups is 1. The molecule has 0 saturated carbocycles. The third-order valence-electron chi connectivity index (χ3n) is 2.29. The summed E-state index contributed by atoms with van der Waals surface area (Å²) in [5.41, 5.74) is 3.74. The summed E-state index contributed by atoms with van der Waals surface area (Å²) in [4.78, 5) is 10.8. The number of benzene rings is 1. The average molecular weight is 236 g/mol. The molecule has 17 heavy (non-hydrogen) atoms. The van der Waals surface area contributed by atoms with Crippen LogP contribution in [0.2, 0.25) is 0 Å². The van der Waals surface area contributed by atoms with Crippen LogP contribution in [0.25, 0.3) is 0 Å². The maximum Gasteiger partial charge on any atom is 0.427 e. The lowest BCUT2D eigenvalue weighted by molar-refractivity contribution is 0.171. The molecule has 1 aromatic rings. The molecule has 0 fully saturated rings. The van der Waals surface area contributed by atoms with Crippen LogP contribution < -0.4 is 14.9 Å². The Labute approximate surface area is 98.2 Å². The monoisotopic (exact) mass is 236 g/mol. The Kier molecular flexibility index (Phi) is 3.13. The average Bonchev–Trinajstić information content (AvgIpc) is 2.82. The van der Waals surface area contributed by atoms with Gasteiger partial charge in [-0.1, -0.05) is 0 Å². The molecule has 6 heteroatoms. The summed E-state index contributed by atoms with van der Waals surface area (Å²) < 4.78 is 14.9. The van der Waals surface area contributed by atoms with Crippen molar-refractivity contribution in [1.29, 1.82) is 0 Å². The first kappa shape index (κ1) is 11.3. The minimum atomic E-state index is -0.606. The second-order valence-electron chi connectivity index (χ2n) is 3.37. The number of fused-ring (bicyclic) bond motifs is 1. The van der Waals surface area contributed by atoms with Crippen molar-refractivity contribution >= 4 is 11.8 Å². The molecule has 0 spiro atoms. The molecule has 90 valence electrons. The van der Waals surface area contributed by atoms with Gasteiger partial charge >= 0.3 is 6.09 Å². The minimum Gasteiger partial charge on any atom is -0.454 e. The SMILES string of the molecule is COC(=O)NN=C(C)c1ccc2c(c1)OCO2. The highest BCUT2D eigenvalue weighted by Crippen LogP contribution is 2.32. The van der Waals surface area contributed by atoms with Gasteiger partial charge in [0.15, 0.2) is 11.5 Å². The van der Waals surface area contributed by atoms with Crippen LogP contribution in [0.1, 0.15) is 12.5 Å². The molecule has 0 aromatic heterocycles. The van der Waals surface area contributed by atoms with Crippen molar-refractivity contribution in [1.82, 2.24) is 5.43 Å². The smallest absolute Gasteiger partial charge is 0.427 e. The number of carbonyl (C=O) groups is 1. The predicted molar refractivity (Wildman–Crippen MR) is 60.3 cm³/mol. The number of methoxy groups -OCH3 is 1. The summed E-state index contributed by atoms with van der Waals surface area (Å²) in [6, 6.07) is 5.44. The van der Waals surface area contributed by atoms with Crippen LogP contribution in [0.15, 0.2) is 23.3 Å². The summed E-state index contributed by atoms with van der Waals surface area (Å²) in [5, 5.41) is 3.89. The quantitative estimate of drug-likeness (QED) is 0.624. The van der Waals surface area contributed by atoms with E-state index in [-0.39, 0.29) is 6.79 Å². The summed E-state index contributed by atoms with van der Waals surface area (Å²) in [6.45, 7) is 2.00. The Morgan fingerprint density at radius 3 is 2.94 bits per heavy atom. The number of carbonyl (C=O) groups excluding carboxylic acids is 1. The Morgan fingerprint density at radius 1 is 1.41 bits per heavy atom. The van der Waals surface area contributed by atoms with E-state index >= 15 is 0 Å². The van der Waals surface area contributed by atoms with E-state index < -0.39 is 6.09 Å². The molecule has 1 N–H and O–H groups in total. The first-order valence-electron chi connectivity index (χ1n) is 4.99. The van der Waals surface area contributed by atoms with Crippen molar-refractivity contribution in [2.75, 3.05) is 13.9 Å². The van der Waals surface area contributed by atoms with Gasteiger partial charge in [-0.05, 0) is 25.1 Å². The highest BCUT2D eigenvalue weighted by atomic mass is 16.7. The van der Waals surface area contributed by atoms with Crippen molar-refractivity contribution in [2.24, 2.45) is 5.10 Å². The van der Waals surface area contributed by atoms with E-state index in [1.807, 2.05) is 6.07 Å². The van der Waals surface area contributed by atoms with Gasteiger partial charge < -0.3 is 14.2 Å². The molecule has 1 aromatic carbocycles. The standard InChI is InChI=1S/C11H12N2O4/c1-7(12-13-11(14)15-2)8-3-4-9-10(5-8)17-6-16-9/h3-5H,6H2,1-2H3,(H,13,14). The van der Waals surface area contributed by atoms with Crippen molar-refractivity contribution < 1.29 is 19.0 Å². The molecule has 2 rings (SSSR count). The van der Waals surface area contributed by atoms with Crippen LogP contribution in [-0.2, 0) is 4.74 Å². The van der Waals surface area contributed by atoms with E-state index in [2.05, 4.69) is 15.3 Å². The number of ether oxygens (including phenoxy) is 3. The highest BCUT2D eigenvalue weighted by molar-refractivity contribution is 5.99. The zero-order valence-corrected chi connectivity index (χ0v) is 9.52. The number of rotatable bonds is 2. The first-order valence-corrected chi connectivity index (χ1v) is 4.99. The van der Waals surface area contributed by atoms with Crippen molar-refractivity contribution in [3.8, 4) is 11.5 Å². The Hall–Kier alpha value is -2.24. The lowest BCUT2D eigenvalue weighted by Crippen LogP contribution is -2.18. The second-order valence-corrected chi connectivity index (χ2v) is 3.37. The fourth-order valence-corrected chi connectivity index (χ4v) is 1.36. The number of amides is 1. The molecular weight excluding hydrogens is 224 g/mol. The Balaban J connectivity index is 2.14. The van der Waals surface area contributed by atoms with Crippen molar-refractivity contribution in [2.45, 2.75) is 6.92 Å². The highest BCUT2D eigenvalue weighted by Gasteiger charge is 2.14. The zero-order chi connectivity index (χ0) is 12.3. The summed E-state index contributed by atoms with van der Waals surface area (Å²) in [6.07, 6.45) is -0.606. The van der Waals surface area contributed by atoms with Crippen LogP contribution in [0.3, 0.4) is 0 Å². The molecule has 0 saturated heterocycles. The topological polar surface area (TPSA) is 69.2 Å². The number of nitrogens with zero attached hydrogens (tertiary/aromatic N) is 1. The fourth-order valence-electron chi connectivity index (χ4n) is 1.36. The van der Waals surface area contributed by atoms with Crippen LogP contribution >= 0.6 is 0 Å². The van der Waals surface area contributed by atoms with Gasteiger partial charge in [-0.15, -0.1) is 0 Å². The van der Waals surface area contributed by atoms with Gasteiger partial charge in [0.2, 0.25) is 6.79 Å². The van der Waals surface area contributed by atoms with Gasteiger partial charge in [0.25, 0.3) is 0 Å². The normalized spacial score (nSPS) is 13.4. The van der Waals surface area contributed by atoms with Crippen molar-refractivity contribution in [3.63, 3.8) is 0 Å². The van der Waals surface area contributed by atoms with E-state index in [0.717, 1.165) is 5.56 Å². The first-order chi connectivity index (χ1) is 8.20. The number of hydrogen-bond acceptors (Lipinski definition) is 5. The van der Waals surface area contributed by atoms with Gasteiger partial charge in [-0.3, -0.25) is 0 Å². The number of hydrogen-bond donors (Lipinski definition) is 1. The Morgan fingerprint density at radius 2 is 2.18 bits per heavy atom. The molecule has 6 nitrogen and oxygen atoms in total. The third kappa shape index (κ3) is 2.47. The molecule has 0 unspecified atom stereocenters. The van der Waals surface area contributed by atoms with Gasteiger partial charge in [-0.2, -0.15) is 5.10 Å². The van der Waals surface area contributed by atoms with Gasteiger partial charge in [-0.25, -0.2) is 10.2 Å². The largest absolute Gasteiger partial charge is 0.454 e. The van der Waals surface area contributed by atoms with E-state index in [4.69, 9.17) is 9.47 Å². The fraction of sp³-hybridized carbons (Fsp3) is 0.273. The maximum atomic E-state index is 10.8. The summed E-state index contributed by atoms with van der Waals surface area (Å²) in [7, 11) is 1.28. The van der Waals surface area contributed by atoms with Gasteiger partial charge in [0.1, 0.15) is 0 Å². The second kappa shape index (κ2) is 4.73. The third-order valence-corrected chi connectivity index (χ3v) is 2.29. The molecule has 0 radical (unpaired) electrons. The minimum absolute atomic E-state index is 0.232. The van der Waals surface area contributed by atoms with E-state index in [1.165, 1.54) is 7.11 Å². The lowest BCUT2D eigenvalue weighted by atomic mass is 10.1. The molecule has 1 aliphatic heterocycles. The zero-order valence-electron chi connectivity index (χ0n) is 9.52. The summed E-state index contributed by atoms with van der Waals surface area (Å²) in [5.74, 6) is 1.39. The van der Waals surface area contributed by atoms with Gasteiger partial charge in [0.05, 0.1) is 12.8 Å². The number of nitrogens with one attached hydrogen (secondary N) is 1. The van der Waals surface area contributed by atoms with Crippen LogP contribution in [0.4, 0.5) is 4.79 Å². The predicted octanol–water partition coefficient (Wildman–Crippen LogP) is 1.50. The molecule has 1 heterocycles. The van der Waals surface area contributed by atoms with Gasteiger partial charge in [0, 0.05) is 5.56 Å². The van der Waals surface area contributed by atoms with E-state index in [1.54, 1.807) is 19.1 Å². The molecular formula is C11H12N2O4. The Bertz CT molecular complexity index is 471. The lowest BCUT2D eigenvalue weighted by Gasteiger charge is -2.03. The molecule has 0 aliphatic carbocycles. The van der Waals surface area contributed by atoms with E-state index in [0.29, 0.717) is 17.2 Å². The van der Waals surface area contributed by atoms with Crippen molar-refractivity contribution in [3.05, 3.63) is 23.8 Å². The van der Waals surface area contributed by atoms with E-state index in [9.17, 15) is 4.79 Å². The van der Waals surface area contributed by atoms with Crippen LogP contribution in [0, 0.1) is 0 Å². The maximum absolute atomic E-state index is 10.8. The van der Waals surface area contributed by atoms with Crippen LogP contribution in [-0.4, -0.2) is 25.7 Å². The molecule has 0 atom stereocenters. The molecule has 1 amide bonds. The molecule has 1 aliphatic rings. The summed E-state index contributed by atoms with van der Waals surface area (Å²) >= 11 is 0. The molecule has 0 bridgehead atoms. The van der Waals surface area contributed by atoms with Crippen LogP contribution in [0.5, 0.6) is 11.5 Å².